The molecule has 1 aliphatic heterocycles. The third-order valence-electron chi connectivity index (χ3n) is 5.93. The van der Waals surface area contributed by atoms with E-state index < -0.39 is 11.9 Å². The van der Waals surface area contributed by atoms with Gasteiger partial charge in [0.15, 0.2) is 5.78 Å². The summed E-state index contributed by atoms with van der Waals surface area (Å²) >= 11 is 6.01. The molecule has 4 rings (SSSR count). The van der Waals surface area contributed by atoms with Crippen molar-refractivity contribution in [2.75, 3.05) is 19.1 Å². The average molecular weight is 456 g/mol. The largest absolute Gasteiger partial charge is 0.497 e. The standard InChI is InChI=1S/C24H22ClNO6/c1-31-14-7-8-15(21(11-14)32-2)16-12-22(28)26(19-4-3-5-20(27)23(16)19)13-6-9-18(25)17(10-13)24(29)30/h6-11,16H,3-5,12H2,1-2H3,(H,29,30). The Morgan fingerprint density at radius 3 is 2.56 bits per heavy atom. The van der Waals surface area contributed by atoms with Crippen molar-refractivity contribution < 1.29 is 29.0 Å². The van der Waals surface area contributed by atoms with Crippen LogP contribution in [0.4, 0.5) is 5.69 Å². The van der Waals surface area contributed by atoms with Crippen LogP contribution >= 0.6 is 11.6 Å². The molecule has 2 aliphatic rings. The van der Waals surface area contributed by atoms with E-state index in [1.165, 1.54) is 24.1 Å². The fraction of sp³-hybridized carbons (Fsp3) is 0.292. The van der Waals surface area contributed by atoms with Crippen LogP contribution in [0.15, 0.2) is 47.7 Å². The van der Waals surface area contributed by atoms with E-state index in [0.29, 0.717) is 47.7 Å². The minimum absolute atomic E-state index is 0.0148. The number of carboxylic acid groups (broad SMARTS) is 1. The van der Waals surface area contributed by atoms with Gasteiger partial charge in [-0.05, 0) is 37.1 Å². The van der Waals surface area contributed by atoms with Crippen LogP contribution in [0, 0.1) is 0 Å². The number of anilines is 1. The molecule has 0 saturated carbocycles. The van der Waals surface area contributed by atoms with Gasteiger partial charge in [0.2, 0.25) is 5.91 Å². The Morgan fingerprint density at radius 2 is 1.88 bits per heavy atom. The van der Waals surface area contributed by atoms with Crippen LogP contribution in [0.3, 0.4) is 0 Å². The third-order valence-corrected chi connectivity index (χ3v) is 6.26. The number of carboxylic acids is 1. The number of Topliss-reactive ketones (excluding diaryl/α,β-unsaturated/α-hetero) is 1. The quantitative estimate of drug-likeness (QED) is 0.709. The molecule has 2 aromatic carbocycles. The van der Waals surface area contributed by atoms with Gasteiger partial charge in [0.05, 0.1) is 24.8 Å². The number of carbonyl (C=O) groups excluding carboxylic acids is 2. The summed E-state index contributed by atoms with van der Waals surface area (Å²) in [5, 5.41) is 9.53. The number of halogens is 1. The molecule has 0 bridgehead atoms. The fourth-order valence-electron chi connectivity index (χ4n) is 4.48. The molecule has 0 saturated heterocycles. The van der Waals surface area contributed by atoms with Gasteiger partial charge in [-0.25, -0.2) is 4.79 Å². The van der Waals surface area contributed by atoms with E-state index in [2.05, 4.69) is 0 Å². The maximum atomic E-state index is 13.4. The zero-order valence-electron chi connectivity index (χ0n) is 17.7. The zero-order chi connectivity index (χ0) is 23.0. The van der Waals surface area contributed by atoms with Gasteiger partial charge in [0, 0.05) is 47.3 Å². The maximum absolute atomic E-state index is 13.4. The molecule has 32 heavy (non-hydrogen) atoms. The molecule has 0 radical (unpaired) electrons. The van der Waals surface area contributed by atoms with Crippen molar-refractivity contribution >= 4 is 34.9 Å². The Morgan fingerprint density at radius 1 is 1.09 bits per heavy atom. The summed E-state index contributed by atoms with van der Waals surface area (Å²) in [6.45, 7) is 0. The molecule has 0 fully saturated rings. The zero-order valence-corrected chi connectivity index (χ0v) is 18.4. The molecule has 1 unspecified atom stereocenters. The first-order valence-corrected chi connectivity index (χ1v) is 10.6. The van der Waals surface area contributed by atoms with Crippen molar-refractivity contribution in [2.24, 2.45) is 0 Å². The first-order valence-electron chi connectivity index (χ1n) is 10.2. The van der Waals surface area contributed by atoms with E-state index in [1.807, 2.05) is 6.07 Å². The maximum Gasteiger partial charge on any atom is 0.337 e. The second-order valence-corrected chi connectivity index (χ2v) is 8.11. The molecule has 1 atom stereocenters. The molecule has 1 heterocycles. The molecule has 166 valence electrons. The predicted molar refractivity (Wildman–Crippen MR) is 119 cm³/mol. The summed E-state index contributed by atoms with van der Waals surface area (Å²) < 4.78 is 10.8. The fourth-order valence-corrected chi connectivity index (χ4v) is 4.68. The van der Waals surface area contributed by atoms with E-state index in [9.17, 15) is 19.5 Å². The molecule has 0 spiro atoms. The molecule has 1 amide bonds. The molecule has 8 heteroatoms. The normalized spacial score (nSPS) is 18.5. The summed E-state index contributed by atoms with van der Waals surface area (Å²) in [5.41, 5.74) is 2.22. The van der Waals surface area contributed by atoms with Gasteiger partial charge in [0.25, 0.3) is 0 Å². The van der Waals surface area contributed by atoms with Crippen LogP contribution in [0.5, 0.6) is 11.5 Å². The molecular weight excluding hydrogens is 434 g/mol. The van der Waals surface area contributed by atoms with Gasteiger partial charge in [-0.1, -0.05) is 17.7 Å². The third kappa shape index (κ3) is 3.73. The number of hydrogen-bond acceptors (Lipinski definition) is 5. The summed E-state index contributed by atoms with van der Waals surface area (Å²) in [5.74, 6) is -0.717. The molecule has 2 aromatic rings. The Labute approximate surface area is 190 Å². The number of hydrogen-bond donors (Lipinski definition) is 1. The van der Waals surface area contributed by atoms with Crippen molar-refractivity contribution in [3.63, 3.8) is 0 Å². The topological polar surface area (TPSA) is 93.1 Å². The summed E-state index contributed by atoms with van der Waals surface area (Å²) in [6.07, 6.45) is 1.61. The number of amides is 1. The molecular formula is C24H22ClNO6. The van der Waals surface area contributed by atoms with E-state index in [1.54, 1.807) is 25.3 Å². The Kier molecular flexibility index (Phi) is 5.93. The van der Waals surface area contributed by atoms with E-state index in [-0.39, 0.29) is 28.7 Å². The highest BCUT2D eigenvalue weighted by Crippen LogP contribution is 2.46. The number of benzene rings is 2. The lowest BCUT2D eigenvalue weighted by Crippen LogP contribution is -2.40. The number of allylic oxidation sites excluding steroid dienone is 2. The smallest absolute Gasteiger partial charge is 0.337 e. The van der Waals surface area contributed by atoms with Gasteiger partial charge < -0.3 is 14.6 Å². The average Bonchev–Trinajstić information content (AvgIpc) is 2.78. The molecule has 1 N–H and O–H groups in total. The first kappa shape index (κ1) is 21.9. The van der Waals surface area contributed by atoms with Crippen molar-refractivity contribution in [1.82, 2.24) is 0 Å². The van der Waals surface area contributed by atoms with Crippen LogP contribution in [0.1, 0.15) is 47.5 Å². The van der Waals surface area contributed by atoms with Gasteiger partial charge in [-0.2, -0.15) is 0 Å². The number of ketones is 1. The SMILES string of the molecule is COc1ccc(C2CC(=O)N(c3ccc(Cl)c(C(=O)O)c3)C3=C2C(=O)CCC3)c(OC)c1. The number of aromatic carboxylic acids is 1. The van der Waals surface area contributed by atoms with Gasteiger partial charge in [0.1, 0.15) is 11.5 Å². The second-order valence-electron chi connectivity index (χ2n) is 7.70. The van der Waals surface area contributed by atoms with Gasteiger partial charge >= 0.3 is 5.97 Å². The highest BCUT2D eigenvalue weighted by Gasteiger charge is 2.41. The van der Waals surface area contributed by atoms with Crippen LogP contribution in [-0.4, -0.2) is 37.0 Å². The number of carbonyl (C=O) groups is 3. The van der Waals surface area contributed by atoms with Crippen molar-refractivity contribution in [1.29, 1.82) is 0 Å². The van der Waals surface area contributed by atoms with E-state index in [0.717, 1.165) is 5.56 Å². The van der Waals surface area contributed by atoms with Crippen LogP contribution in [0.25, 0.3) is 0 Å². The number of methoxy groups -OCH3 is 2. The monoisotopic (exact) mass is 455 g/mol. The summed E-state index contributed by atoms with van der Waals surface area (Å²) in [4.78, 5) is 39.5. The lowest BCUT2D eigenvalue weighted by atomic mass is 9.76. The first-order chi connectivity index (χ1) is 15.3. The number of rotatable bonds is 5. The summed E-state index contributed by atoms with van der Waals surface area (Å²) in [7, 11) is 3.09. The minimum Gasteiger partial charge on any atom is -0.497 e. The Balaban J connectivity index is 1.87. The van der Waals surface area contributed by atoms with Crippen LogP contribution in [-0.2, 0) is 9.59 Å². The highest BCUT2D eigenvalue weighted by atomic mass is 35.5. The van der Waals surface area contributed by atoms with Crippen molar-refractivity contribution in [2.45, 2.75) is 31.6 Å². The van der Waals surface area contributed by atoms with E-state index >= 15 is 0 Å². The molecule has 1 aliphatic carbocycles. The number of nitrogens with zero attached hydrogens (tertiary/aromatic N) is 1. The highest BCUT2D eigenvalue weighted by molar-refractivity contribution is 6.33. The molecule has 0 aromatic heterocycles. The predicted octanol–water partition coefficient (Wildman–Crippen LogP) is 4.58. The Hall–Kier alpha value is -3.32. The Bertz CT molecular complexity index is 1160. The number of ether oxygens (including phenoxy) is 2. The van der Waals surface area contributed by atoms with E-state index in [4.69, 9.17) is 21.1 Å². The molecule has 7 nitrogen and oxygen atoms in total. The van der Waals surface area contributed by atoms with Gasteiger partial charge in [-0.15, -0.1) is 0 Å². The van der Waals surface area contributed by atoms with Crippen LogP contribution < -0.4 is 14.4 Å². The van der Waals surface area contributed by atoms with Gasteiger partial charge in [-0.3, -0.25) is 14.5 Å². The lowest BCUT2D eigenvalue weighted by Gasteiger charge is -2.38. The van der Waals surface area contributed by atoms with Crippen molar-refractivity contribution in [3.8, 4) is 11.5 Å². The second kappa shape index (κ2) is 8.67. The lowest BCUT2D eigenvalue weighted by molar-refractivity contribution is -0.119. The van der Waals surface area contributed by atoms with Crippen LogP contribution in [0.2, 0.25) is 5.02 Å². The minimum atomic E-state index is -1.18. The van der Waals surface area contributed by atoms with Crippen molar-refractivity contribution in [3.05, 3.63) is 63.8 Å². The summed E-state index contributed by atoms with van der Waals surface area (Å²) in [6, 6.07) is 9.77.